The molecule has 1 aliphatic rings. The lowest BCUT2D eigenvalue weighted by molar-refractivity contribution is -0.121. The van der Waals surface area contributed by atoms with E-state index in [2.05, 4.69) is 15.6 Å². The van der Waals surface area contributed by atoms with Gasteiger partial charge in [0.2, 0.25) is 22.7 Å². The summed E-state index contributed by atoms with van der Waals surface area (Å²) in [6.45, 7) is 0.0886. The van der Waals surface area contributed by atoms with E-state index in [0.29, 0.717) is 11.5 Å². The smallest absolute Gasteiger partial charge is 0.269 e. The molecular weight excluding hydrogens is 405 g/mol. The molecule has 2 amide bonds. The number of carbonyl (C=O) groups is 2. The summed E-state index contributed by atoms with van der Waals surface area (Å²) < 4.78 is 49.6. The van der Waals surface area contributed by atoms with E-state index in [4.69, 9.17) is 9.47 Å². The van der Waals surface area contributed by atoms with Crippen molar-refractivity contribution in [1.82, 2.24) is 15.6 Å². The van der Waals surface area contributed by atoms with Crippen LogP contribution in [-0.2, 0) is 14.8 Å². The predicted octanol–water partition coefficient (Wildman–Crippen LogP) is 1.07. The second kappa shape index (κ2) is 8.88. The number of carbonyl (C=O) groups excluding carboxylic acids is 2. The molecule has 11 heteroatoms. The first-order chi connectivity index (χ1) is 13.8. The Kier molecular flexibility index (Phi) is 6.29. The molecule has 0 fully saturated rings. The summed E-state index contributed by atoms with van der Waals surface area (Å²) >= 11 is 0. The first kappa shape index (κ1) is 20.6. The van der Waals surface area contributed by atoms with E-state index in [1.807, 2.05) is 0 Å². The number of ether oxygens (including phenoxy) is 2. The fraction of sp³-hybridized carbons (Fsp3) is 0.222. The monoisotopic (exact) mass is 423 g/mol. The number of benzene rings is 2. The lowest BCUT2D eigenvalue weighted by atomic mass is 10.2. The van der Waals surface area contributed by atoms with Crippen molar-refractivity contribution in [2.24, 2.45) is 0 Å². The van der Waals surface area contributed by atoms with Crippen molar-refractivity contribution in [2.45, 2.75) is 17.7 Å². The Morgan fingerprint density at radius 2 is 1.72 bits per heavy atom. The molecule has 0 spiro atoms. The van der Waals surface area contributed by atoms with Crippen LogP contribution in [-0.4, -0.2) is 33.6 Å². The predicted molar refractivity (Wildman–Crippen MR) is 99.0 cm³/mol. The number of halogens is 1. The molecule has 3 rings (SSSR count). The maximum Gasteiger partial charge on any atom is 0.269 e. The number of rotatable bonds is 7. The van der Waals surface area contributed by atoms with Gasteiger partial charge in [0.25, 0.3) is 5.91 Å². The van der Waals surface area contributed by atoms with Gasteiger partial charge in [0.1, 0.15) is 5.82 Å². The first-order valence-corrected chi connectivity index (χ1v) is 10.1. The Morgan fingerprint density at radius 3 is 2.48 bits per heavy atom. The maximum absolute atomic E-state index is 12.9. The van der Waals surface area contributed by atoms with Gasteiger partial charge in [-0.05, 0) is 48.9 Å². The van der Waals surface area contributed by atoms with Gasteiger partial charge in [0.15, 0.2) is 11.5 Å². The molecule has 29 heavy (non-hydrogen) atoms. The van der Waals surface area contributed by atoms with Crippen molar-refractivity contribution in [2.75, 3.05) is 13.3 Å². The van der Waals surface area contributed by atoms with Crippen molar-refractivity contribution in [3.8, 4) is 11.5 Å². The van der Waals surface area contributed by atoms with Crippen LogP contribution in [0, 0.1) is 5.82 Å². The van der Waals surface area contributed by atoms with Crippen molar-refractivity contribution in [1.29, 1.82) is 0 Å². The van der Waals surface area contributed by atoms with Crippen LogP contribution in [0.1, 0.15) is 23.2 Å². The molecule has 0 aromatic heterocycles. The summed E-state index contributed by atoms with van der Waals surface area (Å²) in [7, 11) is -3.78. The third-order valence-corrected chi connectivity index (χ3v) is 5.42. The van der Waals surface area contributed by atoms with Gasteiger partial charge < -0.3 is 9.47 Å². The summed E-state index contributed by atoms with van der Waals surface area (Å²) in [6, 6.07) is 9.00. The molecule has 0 saturated heterocycles. The molecule has 154 valence electrons. The van der Waals surface area contributed by atoms with Crippen molar-refractivity contribution in [3.63, 3.8) is 0 Å². The number of hydrogen-bond acceptors (Lipinski definition) is 6. The van der Waals surface area contributed by atoms with E-state index in [0.717, 1.165) is 24.3 Å². The van der Waals surface area contributed by atoms with Gasteiger partial charge in [-0.25, -0.2) is 17.5 Å². The lowest BCUT2D eigenvalue weighted by Crippen LogP contribution is -2.41. The summed E-state index contributed by atoms with van der Waals surface area (Å²) in [6.07, 6.45) is 0.180. The highest BCUT2D eigenvalue weighted by atomic mass is 32.2. The third kappa shape index (κ3) is 5.42. The standard InChI is InChI=1S/C18H18FN3O6S/c19-13-4-6-14(7-5-13)29(25,26)20-9-1-2-17(23)21-22-18(24)12-3-8-15-16(10-12)28-11-27-15/h3-8,10,20H,1-2,9,11H2,(H,21,23)(H,22,24). The minimum atomic E-state index is -3.78. The van der Waals surface area contributed by atoms with E-state index in [9.17, 15) is 22.4 Å². The van der Waals surface area contributed by atoms with Crippen LogP contribution in [0.4, 0.5) is 4.39 Å². The largest absolute Gasteiger partial charge is 0.454 e. The van der Waals surface area contributed by atoms with Gasteiger partial charge in [-0.2, -0.15) is 0 Å². The van der Waals surface area contributed by atoms with Gasteiger partial charge in [0, 0.05) is 18.5 Å². The maximum atomic E-state index is 12.9. The van der Waals surface area contributed by atoms with Gasteiger partial charge in [0.05, 0.1) is 4.90 Å². The van der Waals surface area contributed by atoms with Crippen LogP contribution in [0.2, 0.25) is 0 Å². The minimum absolute atomic E-state index is 0.00321. The number of amides is 2. The average Bonchev–Trinajstić information content (AvgIpc) is 3.17. The molecule has 2 aromatic carbocycles. The zero-order chi connectivity index (χ0) is 20.9. The molecule has 9 nitrogen and oxygen atoms in total. The highest BCUT2D eigenvalue weighted by molar-refractivity contribution is 7.89. The van der Waals surface area contributed by atoms with Crippen LogP contribution in [0.5, 0.6) is 11.5 Å². The number of fused-ring (bicyclic) bond motifs is 1. The second-order valence-electron chi connectivity index (χ2n) is 6.03. The zero-order valence-electron chi connectivity index (χ0n) is 15.1. The van der Waals surface area contributed by atoms with Gasteiger partial charge in [-0.15, -0.1) is 0 Å². The van der Waals surface area contributed by atoms with Crippen LogP contribution < -0.4 is 25.0 Å². The molecule has 0 radical (unpaired) electrons. The number of nitrogens with one attached hydrogen (secondary N) is 3. The molecule has 3 N–H and O–H groups in total. The third-order valence-electron chi connectivity index (χ3n) is 3.95. The normalized spacial score (nSPS) is 12.4. The minimum Gasteiger partial charge on any atom is -0.454 e. The molecule has 1 aliphatic heterocycles. The summed E-state index contributed by atoms with van der Waals surface area (Å²) in [4.78, 5) is 23.8. The second-order valence-corrected chi connectivity index (χ2v) is 7.79. The van der Waals surface area contributed by atoms with Gasteiger partial charge in [-0.1, -0.05) is 0 Å². The van der Waals surface area contributed by atoms with Crippen LogP contribution in [0.3, 0.4) is 0 Å². The van der Waals surface area contributed by atoms with Crippen molar-refractivity contribution >= 4 is 21.8 Å². The van der Waals surface area contributed by atoms with Crippen molar-refractivity contribution < 1.29 is 31.9 Å². The highest BCUT2D eigenvalue weighted by Gasteiger charge is 2.17. The first-order valence-electron chi connectivity index (χ1n) is 8.59. The molecule has 1 heterocycles. The fourth-order valence-corrected chi connectivity index (χ4v) is 3.53. The summed E-state index contributed by atoms with van der Waals surface area (Å²) in [5, 5.41) is 0. The quantitative estimate of drug-likeness (QED) is 0.452. The topological polar surface area (TPSA) is 123 Å². The van der Waals surface area contributed by atoms with Crippen molar-refractivity contribution in [3.05, 3.63) is 53.8 Å². The van der Waals surface area contributed by atoms with E-state index >= 15 is 0 Å². The molecule has 2 aromatic rings. The van der Waals surface area contributed by atoms with E-state index in [1.54, 1.807) is 6.07 Å². The Balaban J connectivity index is 1.39. The molecule has 0 atom stereocenters. The number of hydrogen-bond donors (Lipinski definition) is 3. The molecular formula is C18H18FN3O6S. The zero-order valence-corrected chi connectivity index (χ0v) is 15.9. The Bertz CT molecular complexity index is 1010. The van der Waals surface area contributed by atoms with Crippen LogP contribution in [0.15, 0.2) is 47.4 Å². The molecule has 0 unspecified atom stereocenters. The highest BCUT2D eigenvalue weighted by Crippen LogP contribution is 2.32. The summed E-state index contributed by atoms with van der Waals surface area (Å²) in [5.74, 6) is -0.580. The average molecular weight is 423 g/mol. The molecule has 0 bridgehead atoms. The van der Waals surface area contributed by atoms with E-state index < -0.39 is 27.7 Å². The Morgan fingerprint density at radius 1 is 1.00 bits per heavy atom. The molecule has 0 aliphatic carbocycles. The van der Waals surface area contributed by atoms with Gasteiger partial charge >= 0.3 is 0 Å². The fourth-order valence-electron chi connectivity index (χ4n) is 2.45. The number of hydrazine groups is 1. The van der Waals surface area contributed by atoms with E-state index in [-0.39, 0.29) is 36.6 Å². The SMILES string of the molecule is O=C(CCCNS(=O)(=O)c1ccc(F)cc1)NNC(=O)c1ccc2c(c1)OCO2. The van der Waals surface area contributed by atoms with Gasteiger partial charge in [-0.3, -0.25) is 20.4 Å². The van der Waals surface area contributed by atoms with Crippen LogP contribution in [0.25, 0.3) is 0 Å². The summed E-state index contributed by atoms with van der Waals surface area (Å²) in [5.41, 5.74) is 4.80. The number of sulfonamides is 1. The Hall–Kier alpha value is -3.18. The van der Waals surface area contributed by atoms with E-state index in [1.165, 1.54) is 12.1 Å². The van der Waals surface area contributed by atoms with Crippen LogP contribution >= 0.6 is 0 Å². The molecule has 0 saturated carbocycles. The lowest BCUT2D eigenvalue weighted by Gasteiger charge is -2.09. The Labute approximate surface area is 166 Å².